The van der Waals surface area contributed by atoms with Crippen LogP contribution in [0.3, 0.4) is 0 Å². The Morgan fingerprint density at radius 1 is 1.30 bits per heavy atom. The minimum Gasteiger partial charge on any atom is -0.442 e. The van der Waals surface area contributed by atoms with Crippen LogP contribution in [0.15, 0.2) is 48.7 Å². The summed E-state index contributed by atoms with van der Waals surface area (Å²) in [4.78, 5) is 32.9. The number of aromatic nitrogens is 2. The Kier molecular flexibility index (Phi) is 5.26. The van der Waals surface area contributed by atoms with Crippen LogP contribution in [0.5, 0.6) is 0 Å². The molecular weight excluding hydrogens is 387 g/mol. The fourth-order valence-electron chi connectivity index (χ4n) is 3.02. The van der Waals surface area contributed by atoms with E-state index in [0.29, 0.717) is 17.0 Å². The fourth-order valence-corrected chi connectivity index (χ4v) is 3.02. The highest BCUT2D eigenvalue weighted by molar-refractivity contribution is 5.90. The fraction of sp³-hybridized carbons (Fsp3) is 0.182. The maximum absolute atomic E-state index is 14.6. The van der Waals surface area contributed by atoms with Crippen molar-refractivity contribution in [3.05, 3.63) is 65.7 Å². The van der Waals surface area contributed by atoms with E-state index >= 15 is 0 Å². The second-order valence-electron chi connectivity index (χ2n) is 6.71. The van der Waals surface area contributed by atoms with Crippen LogP contribution in [-0.4, -0.2) is 41.2 Å². The molecule has 0 bridgehead atoms. The molecule has 1 atom stereocenters. The topological polar surface area (TPSA) is 84.4 Å². The number of halogens is 1. The highest BCUT2D eigenvalue weighted by Gasteiger charge is 2.32. The van der Waals surface area contributed by atoms with E-state index in [4.69, 9.17) is 4.74 Å². The molecule has 30 heavy (non-hydrogen) atoms. The molecule has 2 aromatic heterocycles. The summed E-state index contributed by atoms with van der Waals surface area (Å²) >= 11 is 0. The van der Waals surface area contributed by atoms with Crippen LogP contribution in [0.2, 0.25) is 0 Å². The number of carbonyl (C=O) groups excluding carboxylic acids is 2. The van der Waals surface area contributed by atoms with E-state index in [1.807, 2.05) is 18.2 Å². The first-order chi connectivity index (χ1) is 14.5. The van der Waals surface area contributed by atoms with Crippen molar-refractivity contribution in [1.29, 1.82) is 0 Å². The van der Waals surface area contributed by atoms with Crippen molar-refractivity contribution in [2.45, 2.75) is 13.0 Å². The van der Waals surface area contributed by atoms with E-state index in [0.717, 1.165) is 5.39 Å². The molecule has 3 heterocycles. The van der Waals surface area contributed by atoms with Gasteiger partial charge in [-0.05, 0) is 48.4 Å². The smallest absolute Gasteiger partial charge is 0.414 e. The average molecular weight is 404 g/mol. The number of amides is 2. The summed E-state index contributed by atoms with van der Waals surface area (Å²) in [7, 11) is 0. The van der Waals surface area contributed by atoms with E-state index < -0.39 is 18.0 Å². The van der Waals surface area contributed by atoms with Crippen LogP contribution < -0.4 is 10.2 Å². The van der Waals surface area contributed by atoms with Crippen LogP contribution >= 0.6 is 0 Å². The Morgan fingerprint density at radius 2 is 2.17 bits per heavy atom. The summed E-state index contributed by atoms with van der Waals surface area (Å²) in [5.41, 5.74) is 1.60. The molecule has 1 fully saturated rings. The molecule has 1 aliphatic rings. The highest BCUT2D eigenvalue weighted by atomic mass is 19.1. The Morgan fingerprint density at radius 3 is 2.97 bits per heavy atom. The summed E-state index contributed by atoms with van der Waals surface area (Å²) in [5.74, 6) is 4.84. The second kappa shape index (κ2) is 8.17. The number of benzene rings is 1. The van der Waals surface area contributed by atoms with E-state index in [-0.39, 0.29) is 24.6 Å². The lowest BCUT2D eigenvalue weighted by atomic mass is 10.1. The first-order valence-electron chi connectivity index (χ1n) is 9.25. The first kappa shape index (κ1) is 19.3. The van der Waals surface area contributed by atoms with Crippen LogP contribution in [0.1, 0.15) is 18.2 Å². The molecule has 0 unspecified atom stereocenters. The van der Waals surface area contributed by atoms with Gasteiger partial charge in [0.25, 0.3) is 0 Å². The van der Waals surface area contributed by atoms with Gasteiger partial charge >= 0.3 is 6.09 Å². The number of anilines is 1. The molecule has 3 aromatic rings. The normalized spacial score (nSPS) is 15.5. The predicted molar refractivity (Wildman–Crippen MR) is 108 cm³/mol. The average Bonchev–Trinajstić information content (AvgIpc) is 3.11. The van der Waals surface area contributed by atoms with E-state index in [2.05, 4.69) is 27.1 Å². The van der Waals surface area contributed by atoms with Gasteiger partial charge in [-0.1, -0.05) is 5.92 Å². The highest BCUT2D eigenvalue weighted by Crippen LogP contribution is 2.23. The summed E-state index contributed by atoms with van der Waals surface area (Å²) in [6.45, 7) is 1.81. The minimum absolute atomic E-state index is 0.184. The van der Waals surface area contributed by atoms with Crippen molar-refractivity contribution in [2.24, 2.45) is 0 Å². The van der Waals surface area contributed by atoms with E-state index in [1.54, 1.807) is 18.3 Å². The largest absolute Gasteiger partial charge is 0.442 e. The van der Waals surface area contributed by atoms with Crippen LogP contribution in [-0.2, 0) is 9.53 Å². The van der Waals surface area contributed by atoms with Crippen molar-refractivity contribution >= 4 is 28.7 Å². The Labute approximate surface area is 171 Å². The summed E-state index contributed by atoms with van der Waals surface area (Å²) in [6.07, 6.45) is 0.572. The minimum atomic E-state index is -0.587. The number of nitrogens with one attached hydrogen (secondary N) is 1. The Bertz CT molecular complexity index is 1200. The molecule has 0 saturated carbocycles. The van der Waals surface area contributed by atoms with Gasteiger partial charge in [-0.3, -0.25) is 9.69 Å². The number of ether oxygens (including phenoxy) is 1. The zero-order valence-corrected chi connectivity index (χ0v) is 16.1. The van der Waals surface area contributed by atoms with Gasteiger partial charge in [0, 0.05) is 18.5 Å². The van der Waals surface area contributed by atoms with E-state index in [9.17, 15) is 14.0 Å². The monoisotopic (exact) mass is 404 g/mol. The van der Waals surface area contributed by atoms with Gasteiger partial charge in [0.05, 0.1) is 24.3 Å². The van der Waals surface area contributed by atoms with Crippen molar-refractivity contribution in [1.82, 2.24) is 15.3 Å². The number of hydrogen-bond donors (Lipinski definition) is 1. The van der Waals surface area contributed by atoms with Crippen LogP contribution in [0, 0.1) is 17.7 Å². The summed E-state index contributed by atoms with van der Waals surface area (Å²) < 4.78 is 19.8. The number of fused-ring (bicyclic) bond motifs is 1. The van der Waals surface area contributed by atoms with Gasteiger partial charge < -0.3 is 10.1 Å². The number of nitrogens with zero attached hydrogens (tertiary/aromatic N) is 3. The van der Waals surface area contributed by atoms with Gasteiger partial charge in [0.1, 0.15) is 17.6 Å². The molecule has 0 spiro atoms. The maximum atomic E-state index is 14.6. The third-order valence-corrected chi connectivity index (χ3v) is 4.51. The quantitative estimate of drug-likeness (QED) is 0.679. The standard InChI is InChI=1S/C22H17FN4O3/c1-14(28)25-12-19-13-27(22(29)30-19)18-9-6-15(20(23)11-18)4-7-17-8-5-16-3-2-10-24-21(16)26-17/h2-3,5-6,8-11,19H,12-13H2,1H3,(H,25,28)/t19-/m0/s1. The zero-order chi connectivity index (χ0) is 21.1. The lowest BCUT2D eigenvalue weighted by molar-refractivity contribution is -0.119. The van der Waals surface area contributed by atoms with Crippen LogP contribution in [0.25, 0.3) is 11.0 Å². The maximum Gasteiger partial charge on any atom is 0.414 e. The van der Waals surface area contributed by atoms with Gasteiger partial charge in [0.2, 0.25) is 5.91 Å². The molecular formula is C22H17FN4O3. The lowest BCUT2D eigenvalue weighted by Crippen LogP contribution is -2.33. The number of hydrogen-bond acceptors (Lipinski definition) is 5. The second-order valence-corrected chi connectivity index (χ2v) is 6.71. The molecule has 0 radical (unpaired) electrons. The predicted octanol–water partition coefficient (Wildman–Crippen LogP) is 2.63. The molecule has 150 valence electrons. The number of pyridine rings is 2. The molecule has 1 saturated heterocycles. The third kappa shape index (κ3) is 4.20. The Balaban J connectivity index is 1.50. The summed E-state index contributed by atoms with van der Waals surface area (Å²) in [6, 6.07) is 11.7. The van der Waals surface area contributed by atoms with Crippen molar-refractivity contribution in [2.75, 3.05) is 18.0 Å². The van der Waals surface area contributed by atoms with E-state index in [1.165, 1.54) is 24.0 Å². The molecule has 1 N–H and O–H groups in total. The Hall–Kier alpha value is -3.99. The van der Waals surface area contributed by atoms with Crippen molar-refractivity contribution in [3.8, 4) is 11.8 Å². The van der Waals surface area contributed by atoms with Gasteiger partial charge in [0.15, 0.2) is 5.65 Å². The molecule has 2 amide bonds. The number of cyclic esters (lactones) is 1. The van der Waals surface area contributed by atoms with Crippen molar-refractivity contribution in [3.63, 3.8) is 0 Å². The molecule has 1 aliphatic heterocycles. The van der Waals surface area contributed by atoms with Crippen molar-refractivity contribution < 1.29 is 18.7 Å². The zero-order valence-electron chi connectivity index (χ0n) is 16.1. The molecule has 4 rings (SSSR count). The third-order valence-electron chi connectivity index (χ3n) is 4.51. The van der Waals surface area contributed by atoms with Crippen LogP contribution in [0.4, 0.5) is 14.9 Å². The van der Waals surface area contributed by atoms with Gasteiger partial charge in [-0.25, -0.2) is 19.2 Å². The van der Waals surface area contributed by atoms with Gasteiger partial charge in [-0.15, -0.1) is 0 Å². The first-order valence-corrected chi connectivity index (χ1v) is 9.25. The summed E-state index contributed by atoms with van der Waals surface area (Å²) in [5, 5.41) is 3.49. The number of carbonyl (C=O) groups is 2. The SMILES string of the molecule is CC(=O)NC[C@H]1CN(c2ccc(C#Cc3ccc4cccnc4n3)c(F)c2)C(=O)O1. The molecule has 0 aliphatic carbocycles. The lowest BCUT2D eigenvalue weighted by Gasteiger charge is -2.13. The molecule has 7 nitrogen and oxygen atoms in total. The number of rotatable bonds is 3. The molecule has 8 heteroatoms. The van der Waals surface area contributed by atoms with Gasteiger partial charge in [-0.2, -0.15) is 0 Å². The molecule has 1 aromatic carbocycles.